The second-order valence-electron chi connectivity index (χ2n) is 19.1. The van der Waals surface area contributed by atoms with E-state index in [2.05, 4.69) is 191 Å². The molecule has 0 saturated heterocycles. The van der Waals surface area contributed by atoms with E-state index >= 15 is 0 Å². The van der Waals surface area contributed by atoms with Crippen molar-refractivity contribution in [3.05, 3.63) is 182 Å². The van der Waals surface area contributed by atoms with Crippen LogP contribution in [0, 0.1) is 0 Å². The molecule has 0 aliphatic rings. The third-order valence-corrected chi connectivity index (χ3v) is 11.9. The molecule has 0 aromatic carbocycles. The lowest BCUT2D eigenvalue weighted by molar-refractivity contribution is -0.166. The predicted octanol–water partition coefficient (Wildman–Crippen LogP) is 20.9. The van der Waals surface area contributed by atoms with Gasteiger partial charge in [-0.25, -0.2) is 0 Å². The van der Waals surface area contributed by atoms with E-state index in [0.717, 1.165) is 173 Å². The molecule has 0 spiro atoms. The van der Waals surface area contributed by atoms with E-state index < -0.39 is 12.1 Å². The molecule has 0 heterocycles. The number of carbonyl (C=O) groups excluding carboxylic acids is 3. The molecule has 428 valence electrons. The first kappa shape index (κ1) is 71.5. The number of unbranched alkanes of at least 4 members (excludes halogenated alkanes) is 11. The Morgan fingerprint density at radius 1 is 0.273 bits per heavy atom. The highest BCUT2D eigenvalue weighted by molar-refractivity contribution is 5.71. The molecule has 0 amide bonds. The van der Waals surface area contributed by atoms with Crippen molar-refractivity contribution in [2.24, 2.45) is 0 Å². The first-order valence-electron chi connectivity index (χ1n) is 30.3. The van der Waals surface area contributed by atoms with Gasteiger partial charge in [0.25, 0.3) is 0 Å². The molecule has 0 fully saturated rings. The minimum atomic E-state index is -0.844. The average molecular weight is 1060 g/mol. The molecular weight excluding hydrogens is 949 g/mol. The van der Waals surface area contributed by atoms with Crippen LogP contribution >= 0.6 is 0 Å². The number of esters is 3. The second-order valence-corrected chi connectivity index (χ2v) is 19.1. The monoisotopic (exact) mass is 1060 g/mol. The zero-order chi connectivity index (χ0) is 55.7. The van der Waals surface area contributed by atoms with Gasteiger partial charge in [-0.3, -0.25) is 14.4 Å². The molecule has 1 atom stereocenters. The summed E-state index contributed by atoms with van der Waals surface area (Å²) in [6.07, 6.45) is 94.7. The fourth-order valence-corrected chi connectivity index (χ4v) is 7.43. The number of allylic oxidation sites excluding steroid dienone is 30. The van der Waals surface area contributed by atoms with Crippen LogP contribution < -0.4 is 0 Å². The summed E-state index contributed by atoms with van der Waals surface area (Å²) in [6.45, 7) is 6.23. The van der Waals surface area contributed by atoms with Gasteiger partial charge >= 0.3 is 17.9 Å². The maximum absolute atomic E-state index is 12.8. The summed E-state index contributed by atoms with van der Waals surface area (Å²) in [5.41, 5.74) is 0. The van der Waals surface area contributed by atoms with Gasteiger partial charge < -0.3 is 14.2 Å². The Hall–Kier alpha value is -5.49. The maximum atomic E-state index is 12.8. The van der Waals surface area contributed by atoms with E-state index in [9.17, 15) is 14.4 Å². The number of hydrogen-bond donors (Lipinski definition) is 0. The molecule has 0 radical (unpaired) electrons. The van der Waals surface area contributed by atoms with Crippen LogP contribution in [0.2, 0.25) is 0 Å². The first-order valence-corrected chi connectivity index (χ1v) is 30.3. The maximum Gasteiger partial charge on any atom is 0.306 e. The van der Waals surface area contributed by atoms with Gasteiger partial charge in [0.05, 0.1) is 0 Å². The van der Waals surface area contributed by atoms with Gasteiger partial charge in [0.15, 0.2) is 6.10 Å². The zero-order valence-electron chi connectivity index (χ0n) is 48.9. The summed E-state index contributed by atoms with van der Waals surface area (Å²) >= 11 is 0. The Bertz CT molecular complexity index is 1840. The van der Waals surface area contributed by atoms with Gasteiger partial charge in [0.2, 0.25) is 0 Å². The number of rotatable bonds is 52. The Kier molecular flexibility index (Phi) is 58.6. The van der Waals surface area contributed by atoms with Crippen molar-refractivity contribution in [3.63, 3.8) is 0 Å². The van der Waals surface area contributed by atoms with Crippen molar-refractivity contribution < 1.29 is 28.6 Å². The molecule has 0 aromatic rings. The SMILES string of the molecule is CC/C=C\C/C=C\C/C=C\C/C=C\C/C=C\C/C=C\C/C=C\CCCCCCCC(=O)OCC(COC(=O)CCCCCCC/C=C\C/C=C\CCC)OC(=O)CC/C=C\C/C=C\C/C=C\C/C=C\C/C=C\C/C=C\CC. The van der Waals surface area contributed by atoms with E-state index in [1.165, 1.54) is 6.42 Å². The van der Waals surface area contributed by atoms with Gasteiger partial charge in [-0.2, -0.15) is 0 Å². The molecular formula is C71H108O6. The minimum Gasteiger partial charge on any atom is -0.462 e. The molecule has 6 heteroatoms. The molecule has 77 heavy (non-hydrogen) atoms. The van der Waals surface area contributed by atoms with Gasteiger partial charge in [-0.15, -0.1) is 0 Å². The lowest BCUT2D eigenvalue weighted by Gasteiger charge is -2.18. The molecule has 0 aliphatic heterocycles. The Morgan fingerprint density at radius 3 is 0.844 bits per heavy atom. The van der Waals surface area contributed by atoms with E-state index in [1.54, 1.807) is 0 Å². The van der Waals surface area contributed by atoms with Crippen LogP contribution in [0.3, 0.4) is 0 Å². The van der Waals surface area contributed by atoms with E-state index in [1.807, 2.05) is 12.2 Å². The van der Waals surface area contributed by atoms with Crippen molar-refractivity contribution >= 4 is 17.9 Å². The van der Waals surface area contributed by atoms with Crippen LogP contribution in [0.25, 0.3) is 0 Å². The standard InChI is InChI=1S/C71H108O6/c1-4-7-10-13-16-19-22-25-27-29-31-32-33-34-35-36-37-38-40-41-43-46-49-52-55-58-61-64-70(73)76-67-68(66-75-69(72)63-60-57-54-51-48-45-24-21-18-15-12-9-6-3)77-71(74)65-62-59-56-53-50-47-44-42-39-30-28-26-23-20-17-14-11-8-5-2/h7-8,10-12,15-17,19-21,24-28,31-32,34-35,37-39,41-43,47,50,56,59,68H,4-6,9,13-14,18,22-23,29-30,33,36,40,44-46,48-49,51-55,57-58,60-67H2,1-3H3/b10-7-,11-8-,15-12-,19-16-,20-17-,24-21-,27-25-,28-26-,32-31-,35-34-,38-37-,42-39-,43-41-,50-47-,59-56-. The highest BCUT2D eigenvalue weighted by Gasteiger charge is 2.19. The molecule has 0 saturated carbocycles. The lowest BCUT2D eigenvalue weighted by atomic mass is 10.1. The Labute approximate surface area is 472 Å². The smallest absolute Gasteiger partial charge is 0.306 e. The van der Waals surface area contributed by atoms with Gasteiger partial charge in [-0.05, 0) is 141 Å². The predicted molar refractivity (Wildman–Crippen MR) is 334 cm³/mol. The Morgan fingerprint density at radius 2 is 0.532 bits per heavy atom. The van der Waals surface area contributed by atoms with Crippen LogP contribution in [-0.4, -0.2) is 37.2 Å². The van der Waals surface area contributed by atoms with Gasteiger partial charge in [-0.1, -0.05) is 248 Å². The van der Waals surface area contributed by atoms with Crippen molar-refractivity contribution in [2.45, 2.75) is 232 Å². The summed E-state index contributed by atoms with van der Waals surface area (Å²) in [6, 6.07) is 0. The third-order valence-electron chi connectivity index (χ3n) is 11.9. The summed E-state index contributed by atoms with van der Waals surface area (Å²) in [4.78, 5) is 38.2. The molecule has 0 aliphatic carbocycles. The fraction of sp³-hybridized carbons (Fsp3) is 0.535. The third kappa shape index (κ3) is 61.2. The fourth-order valence-electron chi connectivity index (χ4n) is 7.43. The van der Waals surface area contributed by atoms with Crippen molar-refractivity contribution in [3.8, 4) is 0 Å². The van der Waals surface area contributed by atoms with Crippen LogP contribution in [0.4, 0.5) is 0 Å². The summed E-state index contributed by atoms with van der Waals surface area (Å²) in [5, 5.41) is 0. The van der Waals surface area contributed by atoms with Crippen LogP contribution in [-0.2, 0) is 28.6 Å². The second kappa shape index (κ2) is 63.0. The van der Waals surface area contributed by atoms with Gasteiger partial charge in [0, 0.05) is 19.3 Å². The quantitative estimate of drug-likeness (QED) is 0.0261. The van der Waals surface area contributed by atoms with E-state index in [4.69, 9.17) is 14.2 Å². The van der Waals surface area contributed by atoms with Crippen molar-refractivity contribution in [1.29, 1.82) is 0 Å². The van der Waals surface area contributed by atoms with Crippen LogP contribution in [0.5, 0.6) is 0 Å². The van der Waals surface area contributed by atoms with Crippen molar-refractivity contribution in [2.75, 3.05) is 13.2 Å². The first-order chi connectivity index (χ1) is 38.0. The summed E-state index contributed by atoms with van der Waals surface area (Å²) in [5.74, 6) is -1.06. The number of carbonyl (C=O) groups is 3. The molecule has 1 unspecified atom stereocenters. The molecule has 0 bridgehead atoms. The highest BCUT2D eigenvalue weighted by atomic mass is 16.6. The van der Waals surface area contributed by atoms with Crippen molar-refractivity contribution in [1.82, 2.24) is 0 Å². The summed E-state index contributed by atoms with van der Waals surface area (Å²) < 4.78 is 16.8. The van der Waals surface area contributed by atoms with Crippen LogP contribution in [0.15, 0.2) is 182 Å². The topological polar surface area (TPSA) is 78.9 Å². The normalized spacial score (nSPS) is 13.4. The van der Waals surface area contributed by atoms with Gasteiger partial charge in [0.1, 0.15) is 13.2 Å². The average Bonchev–Trinajstić information content (AvgIpc) is 3.43. The number of hydrogen-bond acceptors (Lipinski definition) is 6. The molecule has 0 N–H and O–H groups in total. The Balaban J connectivity index is 4.53. The van der Waals surface area contributed by atoms with E-state index in [-0.39, 0.29) is 31.6 Å². The largest absolute Gasteiger partial charge is 0.462 e. The lowest BCUT2D eigenvalue weighted by Crippen LogP contribution is -2.30. The summed E-state index contributed by atoms with van der Waals surface area (Å²) in [7, 11) is 0. The highest BCUT2D eigenvalue weighted by Crippen LogP contribution is 2.12. The molecule has 6 nitrogen and oxygen atoms in total. The minimum absolute atomic E-state index is 0.131. The van der Waals surface area contributed by atoms with Crippen LogP contribution in [0.1, 0.15) is 226 Å². The zero-order valence-corrected chi connectivity index (χ0v) is 48.9. The molecule has 0 aromatic heterocycles. The van der Waals surface area contributed by atoms with E-state index in [0.29, 0.717) is 19.3 Å². The molecule has 0 rings (SSSR count). The number of ether oxygens (including phenoxy) is 3.